The maximum absolute atomic E-state index is 12.0. The van der Waals surface area contributed by atoms with Crippen LogP contribution < -0.4 is 10.6 Å². The van der Waals surface area contributed by atoms with Crippen LogP contribution in [0, 0.1) is 0 Å². The molecule has 0 aromatic heterocycles. The topological polar surface area (TPSA) is 61.4 Å². The van der Waals surface area contributed by atoms with E-state index in [4.69, 9.17) is 0 Å². The molecule has 5 heteroatoms. The first-order valence-corrected chi connectivity index (χ1v) is 7.04. The molecule has 1 aromatic rings. The quantitative estimate of drug-likeness (QED) is 0.865. The molecule has 1 aromatic carbocycles. The molecule has 1 saturated heterocycles. The molecule has 1 aliphatic rings. The average molecular weight is 275 g/mol. The van der Waals surface area contributed by atoms with Gasteiger partial charge in [-0.15, -0.1) is 0 Å². The number of imide groups is 1. The summed E-state index contributed by atoms with van der Waals surface area (Å²) in [6.45, 7) is 5.43. The lowest BCUT2D eigenvalue weighted by Gasteiger charge is -2.18. The molecule has 1 heterocycles. The SMILES string of the molecule is CC[C@H](C)c1ccccc1NCC(=O)N1CCNC1=O. The van der Waals surface area contributed by atoms with E-state index in [1.165, 1.54) is 10.5 Å². The highest BCUT2D eigenvalue weighted by molar-refractivity contribution is 5.97. The van der Waals surface area contributed by atoms with E-state index < -0.39 is 0 Å². The molecule has 1 atom stereocenters. The second-order valence-corrected chi connectivity index (χ2v) is 5.03. The third-order valence-corrected chi connectivity index (χ3v) is 3.69. The van der Waals surface area contributed by atoms with Crippen molar-refractivity contribution in [1.82, 2.24) is 10.2 Å². The number of nitrogens with zero attached hydrogens (tertiary/aromatic N) is 1. The Kier molecular flexibility index (Phi) is 4.61. The fraction of sp³-hybridized carbons (Fsp3) is 0.467. The molecule has 0 bridgehead atoms. The van der Waals surface area contributed by atoms with Gasteiger partial charge in [0.25, 0.3) is 0 Å². The predicted molar refractivity (Wildman–Crippen MR) is 78.7 cm³/mol. The minimum Gasteiger partial charge on any atom is -0.376 e. The molecule has 3 amide bonds. The fourth-order valence-corrected chi connectivity index (χ4v) is 2.28. The zero-order chi connectivity index (χ0) is 14.5. The Balaban J connectivity index is 2.00. The Bertz CT molecular complexity index is 502. The van der Waals surface area contributed by atoms with Crippen molar-refractivity contribution in [3.63, 3.8) is 0 Å². The van der Waals surface area contributed by atoms with Gasteiger partial charge < -0.3 is 10.6 Å². The minimum absolute atomic E-state index is 0.140. The molecule has 2 rings (SSSR count). The van der Waals surface area contributed by atoms with Gasteiger partial charge >= 0.3 is 6.03 Å². The van der Waals surface area contributed by atoms with Gasteiger partial charge in [-0.3, -0.25) is 9.69 Å². The summed E-state index contributed by atoms with van der Waals surface area (Å²) in [5, 5.41) is 5.78. The third-order valence-electron chi connectivity index (χ3n) is 3.69. The van der Waals surface area contributed by atoms with E-state index in [0.29, 0.717) is 19.0 Å². The Morgan fingerprint density at radius 1 is 1.45 bits per heavy atom. The number of carbonyl (C=O) groups excluding carboxylic acids is 2. The summed E-state index contributed by atoms with van der Waals surface area (Å²) in [5.41, 5.74) is 2.17. The first-order chi connectivity index (χ1) is 9.63. The standard InChI is InChI=1S/C15H21N3O2/c1-3-11(2)12-6-4-5-7-13(12)17-10-14(19)18-9-8-16-15(18)20/h4-7,11,17H,3,8-10H2,1-2H3,(H,16,20)/t11-/m0/s1. The summed E-state index contributed by atoms with van der Waals surface area (Å²) in [7, 11) is 0. The molecule has 0 spiro atoms. The van der Waals surface area contributed by atoms with E-state index in [9.17, 15) is 9.59 Å². The third kappa shape index (κ3) is 3.10. The summed E-state index contributed by atoms with van der Waals surface area (Å²) in [6.07, 6.45) is 1.04. The Morgan fingerprint density at radius 3 is 2.85 bits per heavy atom. The van der Waals surface area contributed by atoms with Crippen LogP contribution in [0.25, 0.3) is 0 Å². The number of amides is 3. The van der Waals surface area contributed by atoms with Gasteiger partial charge in [-0.05, 0) is 24.0 Å². The Morgan fingerprint density at radius 2 is 2.20 bits per heavy atom. The average Bonchev–Trinajstić information content (AvgIpc) is 2.90. The maximum Gasteiger partial charge on any atom is 0.324 e. The van der Waals surface area contributed by atoms with E-state index in [1.54, 1.807) is 0 Å². The summed E-state index contributed by atoms with van der Waals surface area (Å²) < 4.78 is 0. The van der Waals surface area contributed by atoms with E-state index in [-0.39, 0.29) is 18.5 Å². The molecule has 0 unspecified atom stereocenters. The van der Waals surface area contributed by atoms with Crippen molar-refractivity contribution in [2.45, 2.75) is 26.2 Å². The van der Waals surface area contributed by atoms with Gasteiger partial charge in [0.05, 0.1) is 6.54 Å². The number of para-hydroxylation sites is 1. The van der Waals surface area contributed by atoms with Crippen LogP contribution in [0.4, 0.5) is 10.5 Å². The second-order valence-electron chi connectivity index (χ2n) is 5.03. The number of hydrogen-bond donors (Lipinski definition) is 2. The highest BCUT2D eigenvalue weighted by Crippen LogP contribution is 2.26. The second kappa shape index (κ2) is 6.41. The molecule has 0 saturated carbocycles. The molecule has 1 aliphatic heterocycles. The number of rotatable bonds is 5. The molecule has 5 nitrogen and oxygen atoms in total. The van der Waals surface area contributed by atoms with Crippen LogP contribution in [-0.4, -0.2) is 36.5 Å². The molecular weight excluding hydrogens is 254 g/mol. The highest BCUT2D eigenvalue weighted by atomic mass is 16.2. The molecule has 0 radical (unpaired) electrons. The maximum atomic E-state index is 12.0. The lowest BCUT2D eigenvalue weighted by Crippen LogP contribution is -2.38. The smallest absolute Gasteiger partial charge is 0.324 e. The van der Waals surface area contributed by atoms with Crippen molar-refractivity contribution >= 4 is 17.6 Å². The van der Waals surface area contributed by atoms with Crippen LogP contribution in [-0.2, 0) is 4.79 Å². The first kappa shape index (κ1) is 14.4. The monoisotopic (exact) mass is 275 g/mol. The Labute approximate surface area is 119 Å². The predicted octanol–water partition coefficient (Wildman–Crippen LogP) is 2.16. The van der Waals surface area contributed by atoms with Crippen molar-refractivity contribution in [2.75, 3.05) is 25.0 Å². The number of urea groups is 1. The van der Waals surface area contributed by atoms with E-state index in [0.717, 1.165) is 12.1 Å². The van der Waals surface area contributed by atoms with Crippen molar-refractivity contribution in [3.8, 4) is 0 Å². The number of hydrogen-bond acceptors (Lipinski definition) is 3. The van der Waals surface area contributed by atoms with Crippen LogP contribution in [0.15, 0.2) is 24.3 Å². The lowest BCUT2D eigenvalue weighted by atomic mass is 9.97. The minimum atomic E-state index is -0.299. The zero-order valence-electron chi connectivity index (χ0n) is 12.0. The summed E-state index contributed by atoms with van der Waals surface area (Å²) in [5.74, 6) is 0.239. The van der Waals surface area contributed by atoms with E-state index in [2.05, 4.69) is 30.5 Å². The van der Waals surface area contributed by atoms with Crippen LogP contribution in [0.2, 0.25) is 0 Å². The van der Waals surface area contributed by atoms with Gasteiger partial charge in [0.1, 0.15) is 0 Å². The van der Waals surface area contributed by atoms with Crippen molar-refractivity contribution in [2.24, 2.45) is 0 Å². The molecular formula is C15H21N3O2. The van der Waals surface area contributed by atoms with Crippen molar-refractivity contribution < 1.29 is 9.59 Å². The molecule has 20 heavy (non-hydrogen) atoms. The van der Waals surface area contributed by atoms with Crippen molar-refractivity contribution in [3.05, 3.63) is 29.8 Å². The van der Waals surface area contributed by atoms with Crippen LogP contribution >= 0.6 is 0 Å². The molecule has 1 fully saturated rings. The zero-order valence-corrected chi connectivity index (χ0v) is 12.0. The van der Waals surface area contributed by atoms with Gasteiger partial charge in [-0.25, -0.2) is 4.79 Å². The number of nitrogens with one attached hydrogen (secondary N) is 2. The molecule has 0 aliphatic carbocycles. The largest absolute Gasteiger partial charge is 0.376 e. The Hall–Kier alpha value is -2.04. The first-order valence-electron chi connectivity index (χ1n) is 7.04. The lowest BCUT2D eigenvalue weighted by molar-refractivity contribution is -0.125. The van der Waals surface area contributed by atoms with Crippen LogP contribution in [0.1, 0.15) is 31.7 Å². The van der Waals surface area contributed by atoms with Gasteiger partial charge in [0.15, 0.2) is 0 Å². The number of benzene rings is 1. The normalized spacial score (nSPS) is 15.9. The van der Waals surface area contributed by atoms with Crippen LogP contribution in [0.5, 0.6) is 0 Å². The molecule has 108 valence electrons. The van der Waals surface area contributed by atoms with Gasteiger partial charge in [0, 0.05) is 18.8 Å². The van der Waals surface area contributed by atoms with Crippen molar-refractivity contribution in [1.29, 1.82) is 0 Å². The van der Waals surface area contributed by atoms with Gasteiger partial charge in [-0.1, -0.05) is 32.0 Å². The number of carbonyl (C=O) groups is 2. The van der Waals surface area contributed by atoms with Gasteiger partial charge in [0.2, 0.25) is 5.91 Å². The van der Waals surface area contributed by atoms with E-state index >= 15 is 0 Å². The summed E-state index contributed by atoms with van der Waals surface area (Å²) >= 11 is 0. The number of anilines is 1. The van der Waals surface area contributed by atoms with Crippen LogP contribution in [0.3, 0.4) is 0 Å². The molecule has 2 N–H and O–H groups in total. The van der Waals surface area contributed by atoms with E-state index in [1.807, 2.05) is 18.2 Å². The fourth-order valence-electron chi connectivity index (χ4n) is 2.28. The van der Waals surface area contributed by atoms with Gasteiger partial charge in [-0.2, -0.15) is 0 Å². The summed E-state index contributed by atoms with van der Waals surface area (Å²) in [6, 6.07) is 7.69. The summed E-state index contributed by atoms with van der Waals surface area (Å²) in [4.78, 5) is 24.6. The highest BCUT2D eigenvalue weighted by Gasteiger charge is 2.25.